The maximum Gasteiger partial charge on any atom is 0.117 e. The topological polar surface area (TPSA) is 76.1 Å². The van der Waals surface area contributed by atoms with Crippen LogP contribution in [0.3, 0.4) is 0 Å². The number of aromatic hydroxyl groups is 1. The quantitative estimate of drug-likeness (QED) is 0.765. The third-order valence-electron chi connectivity index (χ3n) is 2.81. The molecule has 0 saturated heterocycles. The standard InChI is InChI=1S/C13H18N4O/c1-9-13(15-7-6-14)10(2)17(16-9)11-4-3-5-12(18)8-11/h3-5,8,15,18H,6-7,14H2,1-2H3. The van der Waals surface area contributed by atoms with Crippen LogP contribution in [0.2, 0.25) is 0 Å². The Morgan fingerprint density at radius 2 is 2.17 bits per heavy atom. The van der Waals surface area contributed by atoms with Crippen molar-refractivity contribution in [3.05, 3.63) is 35.7 Å². The first-order valence-corrected chi connectivity index (χ1v) is 5.93. The van der Waals surface area contributed by atoms with Crippen LogP contribution in [0.15, 0.2) is 24.3 Å². The number of phenolic OH excluding ortho intramolecular Hbond substituents is 1. The van der Waals surface area contributed by atoms with Crippen molar-refractivity contribution in [3.8, 4) is 11.4 Å². The lowest BCUT2D eigenvalue weighted by Crippen LogP contribution is -2.14. The van der Waals surface area contributed by atoms with Crippen molar-refractivity contribution >= 4 is 5.69 Å². The van der Waals surface area contributed by atoms with E-state index in [1.54, 1.807) is 18.2 Å². The summed E-state index contributed by atoms with van der Waals surface area (Å²) in [5, 5.41) is 17.3. The zero-order chi connectivity index (χ0) is 13.1. The SMILES string of the molecule is Cc1nn(-c2cccc(O)c2)c(C)c1NCCN. The average molecular weight is 246 g/mol. The van der Waals surface area contributed by atoms with Crippen LogP contribution >= 0.6 is 0 Å². The Balaban J connectivity index is 2.40. The highest BCUT2D eigenvalue weighted by molar-refractivity contribution is 5.55. The Bertz CT molecular complexity index is 548. The van der Waals surface area contributed by atoms with Gasteiger partial charge in [0, 0.05) is 19.2 Å². The highest BCUT2D eigenvalue weighted by atomic mass is 16.3. The van der Waals surface area contributed by atoms with Gasteiger partial charge in [-0.15, -0.1) is 0 Å². The second kappa shape index (κ2) is 5.10. The van der Waals surface area contributed by atoms with E-state index >= 15 is 0 Å². The van der Waals surface area contributed by atoms with E-state index in [9.17, 15) is 5.11 Å². The van der Waals surface area contributed by atoms with E-state index in [4.69, 9.17) is 5.73 Å². The zero-order valence-corrected chi connectivity index (χ0v) is 10.6. The van der Waals surface area contributed by atoms with E-state index in [0.717, 1.165) is 22.8 Å². The smallest absolute Gasteiger partial charge is 0.117 e. The summed E-state index contributed by atoms with van der Waals surface area (Å²) in [7, 11) is 0. The molecule has 1 aromatic carbocycles. The molecule has 1 heterocycles. The Morgan fingerprint density at radius 3 is 2.83 bits per heavy atom. The molecular weight excluding hydrogens is 228 g/mol. The van der Waals surface area contributed by atoms with E-state index in [1.165, 1.54) is 0 Å². The largest absolute Gasteiger partial charge is 0.508 e. The third-order valence-corrected chi connectivity index (χ3v) is 2.81. The molecule has 2 rings (SSSR count). The minimum atomic E-state index is 0.233. The van der Waals surface area contributed by atoms with Gasteiger partial charge < -0.3 is 16.2 Å². The zero-order valence-electron chi connectivity index (χ0n) is 10.6. The predicted octanol–water partition coefficient (Wildman–Crippen LogP) is 1.57. The fourth-order valence-electron chi connectivity index (χ4n) is 1.97. The number of hydrogen-bond donors (Lipinski definition) is 3. The van der Waals surface area contributed by atoms with Crippen LogP contribution in [0.4, 0.5) is 5.69 Å². The lowest BCUT2D eigenvalue weighted by molar-refractivity contribution is 0.474. The van der Waals surface area contributed by atoms with Crippen LogP contribution in [0.25, 0.3) is 5.69 Å². The summed E-state index contributed by atoms with van der Waals surface area (Å²) < 4.78 is 1.81. The monoisotopic (exact) mass is 246 g/mol. The summed E-state index contributed by atoms with van der Waals surface area (Å²) in [5.41, 5.74) is 9.27. The summed E-state index contributed by atoms with van der Waals surface area (Å²) in [4.78, 5) is 0. The van der Waals surface area contributed by atoms with Gasteiger partial charge in [0.25, 0.3) is 0 Å². The lowest BCUT2D eigenvalue weighted by atomic mass is 10.2. The van der Waals surface area contributed by atoms with Crippen LogP contribution in [-0.2, 0) is 0 Å². The molecule has 0 saturated carbocycles. The van der Waals surface area contributed by atoms with E-state index in [2.05, 4.69) is 10.4 Å². The van der Waals surface area contributed by atoms with E-state index in [1.807, 2.05) is 24.6 Å². The Hall–Kier alpha value is -2.01. The molecule has 0 fully saturated rings. The molecule has 1 aromatic heterocycles. The van der Waals surface area contributed by atoms with Crippen LogP contribution in [-0.4, -0.2) is 28.0 Å². The summed E-state index contributed by atoms with van der Waals surface area (Å²) in [6.07, 6.45) is 0. The highest BCUT2D eigenvalue weighted by Crippen LogP contribution is 2.24. The van der Waals surface area contributed by atoms with E-state index in [-0.39, 0.29) is 5.75 Å². The lowest BCUT2D eigenvalue weighted by Gasteiger charge is -2.07. The fourth-order valence-corrected chi connectivity index (χ4v) is 1.97. The van der Waals surface area contributed by atoms with Gasteiger partial charge in [-0.25, -0.2) is 4.68 Å². The van der Waals surface area contributed by atoms with Crippen molar-refractivity contribution < 1.29 is 5.11 Å². The number of anilines is 1. The molecular formula is C13H18N4O. The Kier molecular flexibility index (Phi) is 3.53. The molecule has 0 aliphatic rings. The average Bonchev–Trinajstić information content (AvgIpc) is 2.63. The summed E-state index contributed by atoms with van der Waals surface area (Å²) in [6.45, 7) is 5.23. The van der Waals surface area contributed by atoms with Gasteiger partial charge in [0.05, 0.1) is 22.8 Å². The first kappa shape index (κ1) is 12.4. The molecule has 0 bridgehead atoms. The molecule has 5 nitrogen and oxygen atoms in total. The minimum Gasteiger partial charge on any atom is -0.508 e. The number of nitrogens with two attached hydrogens (primary N) is 1. The van der Waals surface area contributed by atoms with Gasteiger partial charge >= 0.3 is 0 Å². The first-order chi connectivity index (χ1) is 8.63. The van der Waals surface area contributed by atoms with Crippen LogP contribution in [0.5, 0.6) is 5.75 Å². The molecule has 0 aliphatic carbocycles. The molecule has 0 unspecified atom stereocenters. The first-order valence-electron chi connectivity index (χ1n) is 5.93. The molecule has 0 spiro atoms. The number of hydrogen-bond acceptors (Lipinski definition) is 4. The molecule has 0 radical (unpaired) electrons. The summed E-state index contributed by atoms with van der Waals surface area (Å²) in [6, 6.07) is 7.04. The number of rotatable bonds is 4. The van der Waals surface area contributed by atoms with Crippen molar-refractivity contribution in [3.63, 3.8) is 0 Å². The number of nitrogens with zero attached hydrogens (tertiary/aromatic N) is 2. The molecule has 96 valence electrons. The number of benzene rings is 1. The number of aryl methyl sites for hydroxylation is 1. The van der Waals surface area contributed by atoms with Crippen LogP contribution in [0, 0.1) is 13.8 Å². The second-order valence-corrected chi connectivity index (χ2v) is 4.19. The molecule has 4 N–H and O–H groups in total. The van der Waals surface area contributed by atoms with Gasteiger partial charge in [-0.05, 0) is 26.0 Å². The fraction of sp³-hybridized carbons (Fsp3) is 0.308. The van der Waals surface area contributed by atoms with Gasteiger partial charge in [-0.1, -0.05) is 6.07 Å². The van der Waals surface area contributed by atoms with Crippen molar-refractivity contribution in [2.75, 3.05) is 18.4 Å². The van der Waals surface area contributed by atoms with Gasteiger partial charge in [0.15, 0.2) is 0 Å². The summed E-state index contributed by atoms with van der Waals surface area (Å²) >= 11 is 0. The van der Waals surface area contributed by atoms with Crippen molar-refractivity contribution in [1.82, 2.24) is 9.78 Å². The van der Waals surface area contributed by atoms with Gasteiger partial charge in [-0.2, -0.15) is 5.10 Å². The van der Waals surface area contributed by atoms with Crippen molar-refractivity contribution in [2.45, 2.75) is 13.8 Å². The maximum atomic E-state index is 9.51. The summed E-state index contributed by atoms with van der Waals surface area (Å²) in [5.74, 6) is 0.233. The third kappa shape index (κ3) is 2.31. The molecule has 18 heavy (non-hydrogen) atoms. The van der Waals surface area contributed by atoms with Crippen molar-refractivity contribution in [2.24, 2.45) is 5.73 Å². The number of nitrogens with one attached hydrogen (secondary N) is 1. The normalized spacial score (nSPS) is 10.6. The minimum absolute atomic E-state index is 0.233. The molecule has 0 amide bonds. The predicted molar refractivity (Wildman–Crippen MR) is 72.2 cm³/mol. The maximum absolute atomic E-state index is 9.51. The highest BCUT2D eigenvalue weighted by Gasteiger charge is 2.12. The molecule has 2 aromatic rings. The van der Waals surface area contributed by atoms with Gasteiger partial charge in [-0.3, -0.25) is 0 Å². The van der Waals surface area contributed by atoms with Crippen LogP contribution < -0.4 is 11.1 Å². The number of aromatic nitrogens is 2. The van der Waals surface area contributed by atoms with E-state index < -0.39 is 0 Å². The van der Waals surface area contributed by atoms with Gasteiger partial charge in [0.1, 0.15) is 5.75 Å². The number of phenols is 1. The van der Waals surface area contributed by atoms with Gasteiger partial charge in [0.2, 0.25) is 0 Å². The Morgan fingerprint density at radius 1 is 1.39 bits per heavy atom. The Labute approximate surface area is 106 Å². The second-order valence-electron chi connectivity index (χ2n) is 4.19. The van der Waals surface area contributed by atoms with Crippen LogP contribution in [0.1, 0.15) is 11.4 Å². The molecule has 5 heteroatoms. The molecule has 0 atom stereocenters. The molecule has 0 aliphatic heterocycles. The van der Waals surface area contributed by atoms with Crippen molar-refractivity contribution in [1.29, 1.82) is 0 Å². The van der Waals surface area contributed by atoms with E-state index in [0.29, 0.717) is 13.1 Å².